The van der Waals surface area contributed by atoms with Crippen molar-refractivity contribution in [3.05, 3.63) is 45.8 Å². The molecule has 0 radical (unpaired) electrons. The topological polar surface area (TPSA) is 108 Å². The number of esters is 1. The molecule has 8 heteroatoms. The summed E-state index contributed by atoms with van der Waals surface area (Å²) in [6.07, 6.45) is -1.04. The zero-order valence-electron chi connectivity index (χ0n) is 15.4. The van der Waals surface area contributed by atoms with E-state index in [0.29, 0.717) is 21.8 Å². The highest BCUT2D eigenvalue weighted by molar-refractivity contribution is 7.16. The van der Waals surface area contributed by atoms with Crippen molar-refractivity contribution in [3.63, 3.8) is 0 Å². The van der Waals surface area contributed by atoms with Crippen molar-refractivity contribution in [3.8, 4) is 6.07 Å². The summed E-state index contributed by atoms with van der Waals surface area (Å²) in [5.41, 5.74) is 1.92. The first-order valence-electron chi connectivity index (χ1n) is 8.12. The monoisotopic (exact) mass is 385 g/mol. The van der Waals surface area contributed by atoms with E-state index in [2.05, 4.69) is 10.6 Å². The molecule has 140 valence electrons. The SMILES string of the molecule is CC(=O)Nc1sc(C)c(C)c1C(=O)OC(C)C(=O)Nc1ccc(C#N)cc1. The Kier molecular flexibility index (Phi) is 6.32. The van der Waals surface area contributed by atoms with Crippen LogP contribution in [-0.2, 0) is 14.3 Å². The van der Waals surface area contributed by atoms with Crippen LogP contribution < -0.4 is 10.6 Å². The summed E-state index contributed by atoms with van der Waals surface area (Å²) in [4.78, 5) is 37.0. The lowest BCUT2D eigenvalue weighted by Crippen LogP contribution is -2.30. The number of ether oxygens (including phenoxy) is 1. The van der Waals surface area contributed by atoms with E-state index in [1.165, 1.54) is 25.2 Å². The van der Waals surface area contributed by atoms with Crippen molar-refractivity contribution in [1.82, 2.24) is 0 Å². The number of aryl methyl sites for hydroxylation is 1. The average molecular weight is 385 g/mol. The number of nitriles is 1. The van der Waals surface area contributed by atoms with Crippen LogP contribution in [-0.4, -0.2) is 23.9 Å². The number of hydrogen-bond donors (Lipinski definition) is 2. The summed E-state index contributed by atoms with van der Waals surface area (Å²) in [7, 11) is 0. The van der Waals surface area contributed by atoms with Gasteiger partial charge in [0.1, 0.15) is 5.00 Å². The van der Waals surface area contributed by atoms with Gasteiger partial charge in [0.25, 0.3) is 5.91 Å². The minimum atomic E-state index is -1.04. The van der Waals surface area contributed by atoms with Crippen LogP contribution in [0.1, 0.15) is 40.2 Å². The predicted molar refractivity (Wildman–Crippen MR) is 103 cm³/mol. The fourth-order valence-corrected chi connectivity index (χ4v) is 3.36. The summed E-state index contributed by atoms with van der Waals surface area (Å²) in [5, 5.41) is 14.4. The van der Waals surface area contributed by atoms with E-state index >= 15 is 0 Å². The molecule has 1 unspecified atom stereocenters. The van der Waals surface area contributed by atoms with Gasteiger partial charge in [0.15, 0.2) is 6.10 Å². The van der Waals surface area contributed by atoms with Crippen molar-refractivity contribution in [2.24, 2.45) is 0 Å². The number of carbonyl (C=O) groups excluding carboxylic acids is 3. The van der Waals surface area contributed by atoms with Crippen molar-refractivity contribution >= 4 is 39.8 Å². The molecule has 1 aromatic heterocycles. The minimum Gasteiger partial charge on any atom is -0.449 e. The van der Waals surface area contributed by atoms with Crippen LogP contribution in [0.2, 0.25) is 0 Å². The smallest absolute Gasteiger partial charge is 0.342 e. The number of benzene rings is 1. The molecule has 2 amide bonds. The van der Waals surface area contributed by atoms with E-state index in [9.17, 15) is 14.4 Å². The molecule has 0 bridgehead atoms. The van der Waals surface area contributed by atoms with E-state index in [-0.39, 0.29) is 11.5 Å². The number of nitrogens with zero attached hydrogens (tertiary/aromatic N) is 1. The van der Waals surface area contributed by atoms with E-state index in [1.54, 1.807) is 31.2 Å². The van der Waals surface area contributed by atoms with Crippen molar-refractivity contribution in [1.29, 1.82) is 5.26 Å². The van der Waals surface area contributed by atoms with Gasteiger partial charge in [-0.2, -0.15) is 5.26 Å². The maximum Gasteiger partial charge on any atom is 0.342 e. The van der Waals surface area contributed by atoms with Gasteiger partial charge in [-0.05, 0) is 50.6 Å². The number of rotatable bonds is 5. The number of amides is 2. The Labute approximate surface area is 161 Å². The fourth-order valence-electron chi connectivity index (χ4n) is 2.27. The molecule has 27 heavy (non-hydrogen) atoms. The van der Waals surface area contributed by atoms with Crippen molar-refractivity contribution in [2.45, 2.75) is 33.8 Å². The summed E-state index contributed by atoms with van der Waals surface area (Å²) >= 11 is 1.28. The Balaban J connectivity index is 2.09. The van der Waals surface area contributed by atoms with Crippen LogP contribution >= 0.6 is 11.3 Å². The Morgan fingerprint density at radius 3 is 2.33 bits per heavy atom. The lowest BCUT2D eigenvalue weighted by atomic mass is 10.1. The molecule has 0 aliphatic carbocycles. The molecule has 0 aliphatic heterocycles. The zero-order valence-corrected chi connectivity index (χ0v) is 16.2. The van der Waals surface area contributed by atoms with Gasteiger partial charge in [-0.15, -0.1) is 11.3 Å². The van der Waals surface area contributed by atoms with Gasteiger partial charge >= 0.3 is 5.97 Å². The van der Waals surface area contributed by atoms with Crippen molar-refractivity contribution < 1.29 is 19.1 Å². The molecule has 2 aromatic rings. The molecule has 1 heterocycles. The summed E-state index contributed by atoms with van der Waals surface area (Å²) in [5.74, 6) is -1.47. The van der Waals surface area contributed by atoms with Crippen LogP contribution in [0.4, 0.5) is 10.7 Å². The van der Waals surface area contributed by atoms with E-state index in [4.69, 9.17) is 10.00 Å². The second-order valence-electron chi connectivity index (χ2n) is 5.89. The number of nitrogens with one attached hydrogen (secondary N) is 2. The number of hydrogen-bond acceptors (Lipinski definition) is 6. The third kappa shape index (κ3) is 4.92. The van der Waals surface area contributed by atoms with Gasteiger partial charge in [-0.3, -0.25) is 9.59 Å². The first-order chi connectivity index (χ1) is 12.7. The van der Waals surface area contributed by atoms with Gasteiger partial charge in [-0.1, -0.05) is 0 Å². The van der Waals surface area contributed by atoms with Gasteiger partial charge < -0.3 is 15.4 Å². The lowest BCUT2D eigenvalue weighted by molar-refractivity contribution is -0.123. The average Bonchev–Trinajstić information content (AvgIpc) is 2.88. The molecule has 0 fully saturated rings. The van der Waals surface area contributed by atoms with E-state index < -0.39 is 18.0 Å². The van der Waals surface area contributed by atoms with Gasteiger partial charge in [-0.25, -0.2) is 4.79 Å². The molecule has 2 N–H and O–H groups in total. The standard InChI is InChI=1S/C19H19N3O4S/c1-10-12(3)27-18(21-13(4)23)16(10)19(25)26-11(2)17(24)22-15-7-5-14(9-20)6-8-15/h5-8,11H,1-4H3,(H,21,23)(H,22,24). The molecular weight excluding hydrogens is 366 g/mol. The largest absolute Gasteiger partial charge is 0.449 e. The molecule has 7 nitrogen and oxygen atoms in total. The molecule has 0 saturated carbocycles. The maximum absolute atomic E-state index is 12.5. The Morgan fingerprint density at radius 1 is 1.15 bits per heavy atom. The van der Waals surface area contributed by atoms with E-state index in [1.807, 2.05) is 13.0 Å². The minimum absolute atomic E-state index is 0.255. The van der Waals surface area contributed by atoms with Gasteiger partial charge in [0.2, 0.25) is 5.91 Å². The maximum atomic E-state index is 12.5. The second kappa shape index (κ2) is 8.47. The molecule has 0 aliphatic rings. The molecule has 0 spiro atoms. The third-order valence-corrected chi connectivity index (χ3v) is 4.94. The van der Waals surface area contributed by atoms with Crippen LogP contribution in [0, 0.1) is 25.2 Å². The summed E-state index contributed by atoms with van der Waals surface area (Å²) < 4.78 is 5.28. The zero-order chi connectivity index (χ0) is 20.1. The van der Waals surface area contributed by atoms with Crippen LogP contribution in [0.25, 0.3) is 0 Å². The molecule has 2 rings (SSSR count). The summed E-state index contributed by atoms with van der Waals surface area (Å²) in [6.45, 7) is 6.41. The first-order valence-corrected chi connectivity index (χ1v) is 8.94. The Morgan fingerprint density at radius 2 is 1.78 bits per heavy atom. The Hall–Kier alpha value is -3.18. The molecular formula is C19H19N3O4S. The molecule has 0 saturated heterocycles. The van der Waals surface area contributed by atoms with Crippen LogP contribution in [0.5, 0.6) is 0 Å². The predicted octanol–water partition coefficient (Wildman–Crippen LogP) is 3.38. The second-order valence-corrected chi connectivity index (χ2v) is 7.12. The van der Waals surface area contributed by atoms with E-state index in [0.717, 1.165) is 4.88 Å². The fraction of sp³-hybridized carbons (Fsp3) is 0.263. The Bertz CT molecular complexity index is 926. The molecule has 1 atom stereocenters. The molecule has 1 aromatic carbocycles. The highest BCUT2D eigenvalue weighted by atomic mass is 32.1. The van der Waals surface area contributed by atoms with Gasteiger partial charge in [0.05, 0.1) is 17.2 Å². The normalized spacial score (nSPS) is 11.2. The highest BCUT2D eigenvalue weighted by Gasteiger charge is 2.25. The first kappa shape index (κ1) is 20.1. The number of anilines is 2. The highest BCUT2D eigenvalue weighted by Crippen LogP contribution is 2.33. The van der Waals surface area contributed by atoms with Gasteiger partial charge in [0, 0.05) is 17.5 Å². The number of carbonyl (C=O) groups is 3. The quantitative estimate of drug-likeness (QED) is 0.767. The van der Waals surface area contributed by atoms with Crippen molar-refractivity contribution in [2.75, 3.05) is 10.6 Å². The van der Waals surface area contributed by atoms with Crippen LogP contribution in [0.15, 0.2) is 24.3 Å². The summed E-state index contributed by atoms with van der Waals surface area (Å²) in [6, 6.07) is 8.31. The lowest BCUT2D eigenvalue weighted by Gasteiger charge is -2.14. The number of thiophene rings is 1. The third-order valence-electron chi connectivity index (χ3n) is 3.81. The van der Waals surface area contributed by atoms with Crippen LogP contribution in [0.3, 0.4) is 0 Å².